The first-order valence-corrected chi connectivity index (χ1v) is 22.0. The van der Waals surface area contributed by atoms with E-state index >= 15 is 0 Å². The van der Waals surface area contributed by atoms with Crippen LogP contribution in [0.4, 0.5) is 0 Å². The molecular formula is C38H55NO5Si2. The highest BCUT2D eigenvalue weighted by molar-refractivity contribution is 6.75. The second kappa shape index (κ2) is 14.6. The summed E-state index contributed by atoms with van der Waals surface area (Å²) in [5.74, 6) is 2.16. The number of allylic oxidation sites excluding steroid dienone is 1. The minimum Gasteiger partial charge on any atom is -0.544 e. The second-order valence-electron chi connectivity index (χ2n) is 14.9. The Hall–Kier alpha value is -3.34. The molecule has 0 heterocycles. The maximum absolute atomic E-state index is 12.2. The molecule has 250 valence electrons. The highest BCUT2D eigenvalue weighted by atomic mass is 28.4. The lowest BCUT2D eigenvalue weighted by Gasteiger charge is -2.36. The Balaban J connectivity index is 2.05. The SMILES string of the molecule is CC/C(=C(\c1ccc(OCC(=O)N(C)OC)cc1)c1ccc(O[Si](C)(C)C(C)(C)C)cc1)c1ccc(O[Si](C)(C)C(C)(C)C)cc1. The molecule has 0 radical (unpaired) electrons. The fraction of sp³-hybridized carbons (Fsp3) is 0.447. The molecule has 0 aliphatic carbocycles. The lowest BCUT2D eigenvalue weighted by Crippen LogP contribution is -2.43. The van der Waals surface area contributed by atoms with Crippen LogP contribution in [0.1, 0.15) is 71.6 Å². The third-order valence-corrected chi connectivity index (χ3v) is 18.2. The van der Waals surface area contributed by atoms with Gasteiger partial charge in [-0.3, -0.25) is 9.63 Å². The molecule has 1 amide bonds. The number of nitrogens with zero attached hydrogens (tertiary/aromatic N) is 1. The molecule has 0 fully saturated rings. The zero-order valence-corrected chi connectivity index (χ0v) is 32.3. The summed E-state index contributed by atoms with van der Waals surface area (Å²) in [6.45, 7) is 24.7. The lowest BCUT2D eigenvalue weighted by molar-refractivity contribution is -0.170. The molecule has 0 aromatic heterocycles. The number of hydrogen-bond donors (Lipinski definition) is 0. The Kier molecular flexibility index (Phi) is 11.8. The van der Waals surface area contributed by atoms with Gasteiger partial charge < -0.3 is 13.6 Å². The Morgan fingerprint density at radius 2 is 1.02 bits per heavy atom. The summed E-state index contributed by atoms with van der Waals surface area (Å²) in [5, 5.41) is 1.39. The van der Waals surface area contributed by atoms with Gasteiger partial charge in [-0.25, -0.2) is 5.06 Å². The van der Waals surface area contributed by atoms with E-state index in [9.17, 15) is 4.79 Å². The summed E-state index contributed by atoms with van der Waals surface area (Å²) in [6.07, 6.45) is 0.829. The zero-order chi connectivity index (χ0) is 34.5. The van der Waals surface area contributed by atoms with Crippen LogP contribution in [0.3, 0.4) is 0 Å². The highest BCUT2D eigenvalue weighted by Gasteiger charge is 2.39. The number of carbonyl (C=O) groups excluding carboxylic acids is 1. The Morgan fingerprint density at radius 1 is 0.652 bits per heavy atom. The van der Waals surface area contributed by atoms with Gasteiger partial charge in [0.05, 0.1) is 7.11 Å². The van der Waals surface area contributed by atoms with Gasteiger partial charge in [0.25, 0.3) is 5.91 Å². The van der Waals surface area contributed by atoms with Gasteiger partial charge in [-0.15, -0.1) is 0 Å². The van der Waals surface area contributed by atoms with E-state index in [2.05, 4.69) is 135 Å². The minimum atomic E-state index is -1.97. The van der Waals surface area contributed by atoms with E-state index in [1.54, 1.807) is 7.05 Å². The fourth-order valence-electron chi connectivity index (χ4n) is 4.41. The lowest BCUT2D eigenvalue weighted by atomic mass is 9.88. The average Bonchev–Trinajstić information content (AvgIpc) is 2.98. The average molecular weight is 662 g/mol. The quantitative estimate of drug-likeness (QED) is 0.110. The van der Waals surface area contributed by atoms with Crippen LogP contribution in [0.25, 0.3) is 11.1 Å². The number of carbonyl (C=O) groups is 1. The number of likely N-dealkylation sites (N-methyl/N-ethyl adjacent to an activating group) is 1. The summed E-state index contributed by atoms with van der Waals surface area (Å²) in [7, 11) is -0.911. The molecule has 0 aliphatic heterocycles. The third-order valence-electron chi connectivity index (χ3n) is 9.49. The summed E-state index contributed by atoms with van der Waals surface area (Å²) in [4.78, 5) is 17.1. The van der Waals surface area contributed by atoms with Crippen LogP contribution in [0.2, 0.25) is 36.3 Å². The van der Waals surface area contributed by atoms with Crippen LogP contribution >= 0.6 is 0 Å². The van der Waals surface area contributed by atoms with Crippen molar-refractivity contribution >= 4 is 33.7 Å². The van der Waals surface area contributed by atoms with Crippen molar-refractivity contribution in [2.45, 2.75) is 91.2 Å². The smallest absolute Gasteiger partial charge is 0.283 e. The van der Waals surface area contributed by atoms with Crippen LogP contribution in [-0.4, -0.2) is 48.4 Å². The Bertz CT molecular complexity index is 1480. The number of benzene rings is 3. The predicted molar refractivity (Wildman–Crippen MR) is 196 cm³/mol. The number of rotatable bonds is 12. The van der Waals surface area contributed by atoms with Crippen LogP contribution in [0.15, 0.2) is 72.8 Å². The number of hydrogen-bond acceptors (Lipinski definition) is 5. The highest BCUT2D eigenvalue weighted by Crippen LogP contribution is 2.40. The molecule has 3 rings (SSSR count). The largest absolute Gasteiger partial charge is 0.544 e. The number of ether oxygens (including phenoxy) is 1. The molecule has 6 nitrogen and oxygen atoms in total. The van der Waals surface area contributed by atoms with Crippen molar-refractivity contribution < 1.29 is 23.2 Å². The first-order chi connectivity index (χ1) is 21.3. The molecule has 0 unspecified atom stereocenters. The molecular weight excluding hydrogens is 607 g/mol. The van der Waals surface area contributed by atoms with E-state index in [0.717, 1.165) is 45.2 Å². The molecule has 0 N–H and O–H groups in total. The van der Waals surface area contributed by atoms with Crippen LogP contribution in [-0.2, 0) is 9.63 Å². The van der Waals surface area contributed by atoms with E-state index in [0.29, 0.717) is 5.75 Å². The third kappa shape index (κ3) is 9.14. The summed E-state index contributed by atoms with van der Waals surface area (Å²) < 4.78 is 18.9. The van der Waals surface area contributed by atoms with Gasteiger partial charge in [-0.1, -0.05) is 84.9 Å². The van der Waals surface area contributed by atoms with E-state index < -0.39 is 16.6 Å². The van der Waals surface area contributed by atoms with E-state index in [1.807, 2.05) is 12.1 Å². The summed E-state index contributed by atoms with van der Waals surface area (Å²) in [5.41, 5.74) is 5.68. The van der Waals surface area contributed by atoms with E-state index in [4.69, 9.17) is 18.4 Å². The first kappa shape index (κ1) is 37.1. The van der Waals surface area contributed by atoms with Gasteiger partial charge >= 0.3 is 0 Å². The van der Waals surface area contributed by atoms with Gasteiger partial charge in [-0.05, 0) is 107 Å². The van der Waals surface area contributed by atoms with Crippen LogP contribution in [0, 0.1) is 0 Å². The van der Waals surface area contributed by atoms with Crippen molar-refractivity contribution in [3.05, 3.63) is 89.5 Å². The first-order valence-electron chi connectivity index (χ1n) is 16.2. The molecule has 0 saturated carbocycles. The monoisotopic (exact) mass is 661 g/mol. The van der Waals surface area contributed by atoms with Gasteiger partial charge in [0, 0.05) is 7.05 Å². The maximum Gasteiger partial charge on any atom is 0.283 e. The molecule has 0 atom stereocenters. The van der Waals surface area contributed by atoms with Crippen molar-refractivity contribution in [3.8, 4) is 17.2 Å². The summed E-state index contributed by atoms with van der Waals surface area (Å²) >= 11 is 0. The summed E-state index contributed by atoms with van der Waals surface area (Å²) in [6, 6.07) is 25.0. The Labute approximate surface area is 279 Å². The molecule has 3 aromatic carbocycles. The van der Waals surface area contributed by atoms with Crippen molar-refractivity contribution in [1.29, 1.82) is 0 Å². The molecule has 0 bridgehead atoms. The fourth-order valence-corrected chi connectivity index (χ4v) is 6.47. The Morgan fingerprint density at radius 3 is 1.37 bits per heavy atom. The van der Waals surface area contributed by atoms with Crippen LogP contribution < -0.4 is 13.6 Å². The van der Waals surface area contributed by atoms with E-state index in [-0.39, 0.29) is 22.6 Å². The van der Waals surface area contributed by atoms with Crippen molar-refractivity contribution in [3.63, 3.8) is 0 Å². The predicted octanol–water partition coefficient (Wildman–Crippen LogP) is 10.2. The number of amides is 1. The maximum atomic E-state index is 12.2. The second-order valence-corrected chi connectivity index (χ2v) is 24.3. The number of hydroxylamine groups is 2. The van der Waals surface area contributed by atoms with E-state index in [1.165, 1.54) is 12.7 Å². The standard InChI is InChI=1S/C38H55NO5Si2/c1-14-34(28-15-23-32(24-16-28)43-45(10,11)37(2,3)4)36(29-17-21-31(22-18-29)42-27-35(40)39(8)41-9)30-19-25-33(26-20-30)44-46(12,13)38(5,6)7/h15-26H,14,27H2,1-13H3/b36-34-. The molecule has 0 spiro atoms. The topological polar surface area (TPSA) is 57.2 Å². The molecule has 0 saturated heterocycles. The zero-order valence-electron chi connectivity index (χ0n) is 30.3. The minimum absolute atomic E-state index is 0.106. The van der Waals surface area contributed by atoms with Gasteiger partial charge in [0.2, 0.25) is 16.6 Å². The van der Waals surface area contributed by atoms with Crippen molar-refractivity contribution in [2.75, 3.05) is 20.8 Å². The molecule has 46 heavy (non-hydrogen) atoms. The van der Waals surface area contributed by atoms with Crippen molar-refractivity contribution in [1.82, 2.24) is 5.06 Å². The van der Waals surface area contributed by atoms with Gasteiger partial charge in [-0.2, -0.15) is 0 Å². The van der Waals surface area contributed by atoms with Gasteiger partial charge in [0.1, 0.15) is 17.2 Å². The van der Waals surface area contributed by atoms with Crippen LogP contribution in [0.5, 0.6) is 17.2 Å². The molecule has 8 heteroatoms. The van der Waals surface area contributed by atoms with Crippen molar-refractivity contribution in [2.24, 2.45) is 0 Å². The molecule has 3 aromatic rings. The molecule has 0 aliphatic rings. The normalized spacial score (nSPS) is 13.2. The van der Waals surface area contributed by atoms with Gasteiger partial charge in [0.15, 0.2) is 6.61 Å².